The lowest BCUT2D eigenvalue weighted by Gasteiger charge is -2.31. The van der Waals surface area contributed by atoms with E-state index in [9.17, 15) is 5.11 Å². The van der Waals surface area contributed by atoms with Gasteiger partial charge in [0.15, 0.2) is 11.5 Å². The number of β-amino-alcohol motifs (C(OH)–C–C–N with tert-alkyl or cyclic N) is 1. The molecule has 1 aromatic rings. The molecule has 0 spiro atoms. The third kappa shape index (κ3) is 6.32. The second-order valence-corrected chi connectivity index (χ2v) is 7.62. The topological polar surface area (TPSA) is 63.6 Å². The Morgan fingerprint density at radius 3 is 2.57 bits per heavy atom. The number of nitrogens with zero attached hydrogens (tertiary/aromatic N) is 2. The van der Waals surface area contributed by atoms with E-state index in [1.807, 2.05) is 12.1 Å². The van der Waals surface area contributed by atoms with E-state index in [4.69, 9.17) is 18.9 Å². The molecule has 2 saturated heterocycles. The molecule has 0 amide bonds. The predicted octanol–water partition coefficient (Wildman–Crippen LogP) is 1.38. The summed E-state index contributed by atoms with van der Waals surface area (Å²) >= 11 is 0. The predicted molar refractivity (Wildman–Crippen MR) is 107 cm³/mol. The highest BCUT2D eigenvalue weighted by Gasteiger charge is 2.19. The van der Waals surface area contributed by atoms with Gasteiger partial charge in [0, 0.05) is 45.4 Å². The van der Waals surface area contributed by atoms with Crippen LogP contribution in [0, 0.1) is 0 Å². The van der Waals surface area contributed by atoms with Crippen LogP contribution in [0.5, 0.6) is 11.5 Å². The Kier molecular flexibility index (Phi) is 8.36. The van der Waals surface area contributed by atoms with Crippen LogP contribution in [0.25, 0.3) is 0 Å². The Morgan fingerprint density at radius 2 is 1.86 bits per heavy atom. The number of ether oxygens (including phenoxy) is 4. The monoisotopic (exact) mass is 394 g/mol. The van der Waals surface area contributed by atoms with Crippen LogP contribution < -0.4 is 9.47 Å². The quantitative estimate of drug-likeness (QED) is 0.679. The molecule has 2 aliphatic rings. The third-order valence-electron chi connectivity index (χ3n) is 5.48. The van der Waals surface area contributed by atoms with Crippen molar-refractivity contribution in [1.29, 1.82) is 0 Å². The van der Waals surface area contributed by atoms with Crippen molar-refractivity contribution >= 4 is 0 Å². The van der Waals surface area contributed by atoms with Crippen LogP contribution in [0.4, 0.5) is 0 Å². The Labute approximate surface area is 168 Å². The van der Waals surface area contributed by atoms with Crippen LogP contribution in [0.1, 0.15) is 18.4 Å². The van der Waals surface area contributed by atoms with E-state index in [1.165, 1.54) is 5.56 Å². The molecule has 28 heavy (non-hydrogen) atoms. The number of methoxy groups -OCH3 is 1. The minimum absolute atomic E-state index is 0.245. The summed E-state index contributed by atoms with van der Waals surface area (Å²) in [5, 5.41) is 10.3. The van der Waals surface area contributed by atoms with Crippen LogP contribution >= 0.6 is 0 Å². The second-order valence-electron chi connectivity index (χ2n) is 7.62. The van der Waals surface area contributed by atoms with E-state index in [-0.39, 0.29) is 6.61 Å². The van der Waals surface area contributed by atoms with Crippen LogP contribution in [-0.2, 0) is 16.0 Å². The van der Waals surface area contributed by atoms with Crippen molar-refractivity contribution in [2.75, 3.05) is 66.8 Å². The number of morpholine rings is 1. The van der Waals surface area contributed by atoms with Gasteiger partial charge in [0.2, 0.25) is 0 Å². The summed E-state index contributed by atoms with van der Waals surface area (Å²) in [6.07, 6.45) is 1.62. The van der Waals surface area contributed by atoms with Crippen LogP contribution in [-0.4, -0.2) is 93.9 Å². The molecule has 0 aliphatic carbocycles. The fourth-order valence-corrected chi connectivity index (χ4v) is 3.79. The molecule has 2 aliphatic heterocycles. The Bertz CT molecular complexity index is 588. The lowest BCUT2D eigenvalue weighted by Crippen LogP contribution is -2.42. The van der Waals surface area contributed by atoms with Crippen LogP contribution in [0.15, 0.2) is 18.2 Å². The molecule has 0 unspecified atom stereocenters. The van der Waals surface area contributed by atoms with Gasteiger partial charge in [0.25, 0.3) is 0 Å². The average Bonchev–Trinajstić information content (AvgIpc) is 2.74. The molecule has 1 N–H and O–H groups in total. The highest BCUT2D eigenvalue weighted by atomic mass is 16.5. The zero-order valence-corrected chi connectivity index (χ0v) is 17.1. The molecule has 3 rings (SSSR count). The molecule has 158 valence electrons. The summed E-state index contributed by atoms with van der Waals surface area (Å²) < 4.78 is 22.2. The molecule has 0 radical (unpaired) electrons. The van der Waals surface area contributed by atoms with Gasteiger partial charge in [-0.25, -0.2) is 0 Å². The largest absolute Gasteiger partial charge is 0.493 e. The molecule has 0 saturated carbocycles. The molecular weight excluding hydrogens is 360 g/mol. The van der Waals surface area contributed by atoms with Crippen molar-refractivity contribution in [3.05, 3.63) is 23.8 Å². The summed E-state index contributed by atoms with van der Waals surface area (Å²) in [7, 11) is 3.81. The van der Waals surface area contributed by atoms with E-state index in [0.29, 0.717) is 24.1 Å². The van der Waals surface area contributed by atoms with Crippen molar-refractivity contribution in [3.8, 4) is 11.5 Å². The first-order valence-electron chi connectivity index (χ1n) is 10.2. The third-order valence-corrected chi connectivity index (χ3v) is 5.48. The van der Waals surface area contributed by atoms with Gasteiger partial charge >= 0.3 is 0 Å². The van der Waals surface area contributed by atoms with Crippen LogP contribution in [0.3, 0.4) is 0 Å². The van der Waals surface area contributed by atoms with Gasteiger partial charge in [0.05, 0.1) is 20.3 Å². The van der Waals surface area contributed by atoms with Crippen molar-refractivity contribution in [2.24, 2.45) is 0 Å². The number of rotatable bonds is 9. The normalized spacial score (nSPS) is 20.3. The summed E-state index contributed by atoms with van der Waals surface area (Å²) in [4.78, 5) is 4.58. The zero-order valence-electron chi connectivity index (χ0n) is 17.1. The summed E-state index contributed by atoms with van der Waals surface area (Å²) in [5.41, 5.74) is 1.19. The first-order chi connectivity index (χ1) is 13.7. The molecule has 2 heterocycles. The summed E-state index contributed by atoms with van der Waals surface area (Å²) in [6, 6.07) is 6.60. The van der Waals surface area contributed by atoms with Gasteiger partial charge < -0.3 is 24.1 Å². The molecule has 7 nitrogen and oxygen atoms in total. The standard InChI is InChI=1S/C21H34N2O5/c1-22(18-5-9-26-10-6-18)14-17-3-4-20(21(13-17)25-2)28-16-19(24)15-23-7-11-27-12-8-23/h3-4,13,18-19,24H,5-12,14-16H2,1-2H3/t19-/m0/s1. The minimum Gasteiger partial charge on any atom is -0.493 e. The maximum absolute atomic E-state index is 10.3. The molecule has 0 aromatic heterocycles. The second kappa shape index (κ2) is 11.0. The SMILES string of the molecule is COc1cc(CN(C)C2CCOCC2)ccc1OC[C@@H](O)CN1CCOCC1. The summed E-state index contributed by atoms with van der Waals surface area (Å²) in [6.45, 7) is 6.56. The number of aliphatic hydroxyl groups is 1. The Hall–Kier alpha value is -1.38. The fourth-order valence-electron chi connectivity index (χ4n) is 3.79. The first-order valence-corrected chi connectivity index (χ1v) is 10.2. The molecular formula is C21H34N2O5. The molecule has 1 aromatic carbocycles. The number of hydrogen-bond acceptors (Lipinski definition) is 7. The van der Waals surface area contributed by atoms with E-state index in [1.54, 1.807) is 7.11 Å². The van der Waals surface area contributed by atoms with Crippen molar-refractivity contribution in [3.63, 3.8) is 0 Å². The van der Waals surface area contributed by atoms with E-state index >= 15 is 0 Å². The van der Waals surface area contributed by atoms with Gasteiger partial charge in [0.1, 0.15) is 12.7 Å². The van der Waals surface area contributed by atoms with Gasteiger partial charge in [-0.05, 0) is 37.6 Å². The summed E-state index contributed by atoms with van der Waals surface area (Å²) in [5.74, 6) is 1.37. The van der Waals surface area contributed by atoms with Crippen molar-refractivity contribution in [2.45, 2.75) is 31.5 Å². The maximum atomic E-state index is 10.3. The van der Waals surface area contributed by atoms with Gasteiger partial charge in [-0.15, -0.1) is 0 Å². The first kappa shape index (κ1) is 21.3. The van der Waals surface area contributed by atoms with E-state index in [2.05, 4.69) is 22.9 Å². The maximum Gasteiger partial charge on any atom is 0.161 e. The Balaban J connectivity index is 1.50. The number of benzene rings is 1. The molecule has 1 atom stereocenters. The van der Waals surface area contributed by atoms with Crippen LogP contribution in [0.2, 0.25) is 0 Å². The lowest BCUT2D eigenvalue weighted by molar-refractivity contribution is 0.00445. The van der Waals surface area contributed by atoms with E-state index in [0.717, 1.165) is 58.9 Å². The number of hydrogen-bond donors (Lipinski definition) is 1. The smallest absolute Gasteiger partial charge is 0.161 e. The molecule has 2 fully saturated rings. The Morgan fingerprint density at radius 1 is 1.14 bits per heavy atom. The van der Waals surface area contributed by atoms with E-state index < -0.39 is 6.10 Å². The highest BCUT2D eigenvalue weighted by molar-refractivity contribution is 5.43. The molecule has 0 bridgehead atoms. The fraction of sp³-hybridized carbons (Fsp3) is 0.714. The van der Waals surface area contributed by atoms with Gasteiger partial charge in [-0.1, -0.05) is 6.07 Å². The van der Waals surface area contributed by atoms with Gasteiger partial charge in [-0.3, -0.25) is 9.80 Å². The minimum atomic E-state index is -0.540. The van der Waals surface area contributed by atoms with Crippen molar-refractivity contribution in [1.82, 2.24) is 9.80 Å². The van der Waals surface area contributed by atoms with Gasteiger partial charge in [-0.2, -0.15) is 0 Å². The number of aliphatic hydroxyl groups excluding tert-OH is 1. The average molecular weight is 395 g/mol. The van der Waals surface area contributed by atoms with Crippen molar-refractivity contribution < 1.29 is 24.1 Å². The molecule has 7 heteroatoms. The zero-order chi connectivity index (χ0) is 19.8. The lowest BCUT2D eigenvalue weighted by atomic mass is 10.1. The highest BCUT2D eigenvalue weighted by Crippen LogP contribution is 2.29.